The number of methoxy groups -OCH3 is 1. The molecule has 0 unspecified atom stereocenters. The number of allylic oxidation sites excluding steroid dienone is 1. The standard InChI is InChI=1S/C19H16O2.C10H14O5/c1-13(19(20)21-2)11-18-16-9-5-3-7-14(16)12-15-8-4-6-10-17(15)18;1-7(9(12)13)3-4-8(2)10(14)15-6-5-11/h3-10,12H,1,11H2,2H3;3,11H,2,4-6H2,1H3,(H,12,13). The van der Waals surface area contributed by atoms with Crippen LogP contribution in [0.3, 0.4) is 0 Å². The number of carbonyl (C=O) groups excluding carboxylic acids is 2. The zero-order valence-corrected chi connectivity index (χ0v) is 20.5. The molecule has 0 saturated carbocycles. The largest absolute Gasteiger partial charge is 0.478 e. The highest BCUT2D eigenvalue weighted by Crippen LogP contribution is 2.30. The lowest BCUT2D eigenvalue weighted by atomic mass is 9.93. The van der Waals surface area contributed by atoms with Gasteiger partial charge in [0.1, 0.15) is 6.61 Å². The summed E-state index contributed by atoms with van der Waals surface area (Å²) < 4.78 is 9.35. The average Bonchev–Trinajstić information content (AvgIpc) is 2.89. The first-order valence-electron chi connectivity index (χ1n) is 11.2. The van der Waals surface area contributed by atoms with Crippen LogP contribution >= 0.6 is 0 Å². The molecule has 0 aliphatic heterocycles. The molecule has 188 valence electrons. The van der Waals surface area contributed by atoms with Gasteiger partial charge in [-0.3, -0.25) is 0 Å². The smallest absolute Gasteiger partial charge is 0.333 e. The topological polar surface area (TPSA) is 110 Å². The Morgan fingerprint density at radius 2 is 1.47 bits per heavy atom. The summed E-state index contributed by atoms with van der Waals surface area (Å²) in [6.45, 7) is 8.40. The van der Waals surface area contributed by atoms with Crippen molar-refractivity contribution in [1.82, 2.24) is 0 Å². The van der Waals surface area contributed by atoms with Crippen molar-refractivity contribution in [1.29, 1.82) is 0 Å². The third-order valence-electron chi connectivity index (χ3n) is 5.35. The van der Waals surface area contributed by atoms with Gasteiger partial charge in [0, 0.05) is 23.1 Å². The Balaban J connectivity index is 0.000000271. The van der Waals surface area contributed by atoms with E-state index in [1.165, 1.54) is 30.9 Å². The highest BCUT2D eigenvalue weighted by molar-refractivity contribution is 6.03. The Morgan fingerprint density at radius 1 is 0.917 bits per heavy atom. The summed E-state index contributed by atoms with van der Waals surface area (Å²) in [5.74, 6) is -2.02. The van der Waals surface area contributed by atoms with Crippen LogP contribution in [0.4, 0.5) is 0 Å². The second-order valence-corrected chi connectivity index (χ2v) is 7.93. The quantitative estimate of drug-likeness (QED) is 0.253. The van der Waals surface area contributed by atoms with Gasteiger partial charge >= 0.3 is 17.9 Å². The molecule has 0 aliphatic carbocycles. The molecule has 3 rings (SSSR count). The average molecular weight is 491 g/mol. The SMILES string of the molecule is C=C(CC=C(C)C(=O)O)C(=O)OCCO.C=C(Cc1c2ccccc2cc2ccccc12)C(=O)OC. The fourth-order valence-corrected chi connectivity index (χ4v) is 3.42. The number of carbonyl (C=O) groups is 3. The van der Waals surface area contributed by atoms with E-state index in [0.717, 1.165) is 16.3 Å². The van der Waals surface area contributed by atoms with E-state index in [9.17, 15) is 14.4 Å². The molecule has 0 fully saturated rings. The molecule has 7 nitrogen and oxygen atoms in total. The maximum atomic E-state index is 11.7. The van der Waals surface area contributed by atoms with Gasteiger partial charge in [0.25, 0.3) is 0 Å². The van der Waals surface area contributed by atoms with Crippen LogP contribution in [0.15, 0.2) is 90.6 Å². The van der Waals surface area contributed by atoms with Crippen molar-refractivity contribution in [3.05, 3.63) is 96.1 Å². The number of carboxylic acid groups (broad SMARTS) is 1. The van der Waals surface area contributed by atoms with Crippen LogP contribution in [0.2, 0.25) is 0 Å². The zero-order valence-electron chi connectivity index (χ0n) is 20.5. The summed E-state index contributed by atoms with van der Waals surface area (Å²) in [5, 5.41) is 21.6. The van der Waals surface area contributed by atoms with E-state index in [1.54, 1.807) is 0 Å². The zero-order chi connectivity index (χ0) is 26.7. The highest BCUT2D eigenvalue weighted by Gasteiger charge is 2.13. The van der Waals surface area contributed by atoms with Gasteiger partial charge in [-0.2, -0.15) is 0 Å². The van der Waals surface area contributed by atoms with Crippen molar-refractivity contribution < 1.29 is 34.1 Å². The lowest BCUT2D eigenvalue weighted by molar-refractivity contribution is -0.140. The van der Waals surface area contributed by atoms with Crippen LogP contribution in [-0.2, 0) is 30.3 Å². The summed E-state index contributed by atoms with van der Waals surface area (Å²) in [6, 6.07) is 18.6. The first-order valence-corrected chi connectivity index (χ1v) is 11.2. The predicted molar refractivity (Wildman–Crippen MR) is 140 cm³/mol. The minimum Gasteiger partial charge on any atom is -0.478 e. The Hall–Kier alpha value is -4.23. The Morgan fingerprint density at radius 3 is 1.97 bits per heavy atom. The van der Waals surface area contributed by atoms with Crippen molar-refractivity contribution >= 4 is 39.5 Å². The normalized spacial score (nSPS) is 10.8. The molecule has 0 atom stereocenters. The van der Waals surface area contributed by atoms with Gasteiger partial charge in [-0.25, -0.2) is 14.4 Å². The van der Waals surface area contributed by atoms with E-state index in [1.807, 2.05) is 24.3 Å². The fourth-order valence-electron chi connectivity index (χ4n) is 3.42. The predicted octanol–water partition coefficient (Wildman–Crippen LogP) is 4.76. The summed E-state index contributed by atoms with van der Waals surface area (Å²) in [5.41, 5.74) is 1.90. The summed E-state index contributed by atoms with van der Waals surface area (Å²) in [7, 11) is 1.38. The van der Waals surface area contributed by atoms with Gasteiger partial charge in [0.2, 0.25) is 0 Å². The number of carboxylic acids is 1. The van der Waals surface area contributed by atoms with Crippen molar-refractivity contribution in [2.45, 2.75) is 19.8 Å². The number of aliphatic hydroxyl groups is 1. The molecule has 7 heteroatoms. The maximum absolute atomic E-state index is 11.7. The lowest BCUT2D eigenvalue weighted by Crippen LogP contribution is -2.10. The van der Waals surface area contributed by atoms with Crippen molar-refractivity contribution in [2.75, 3.05) is 20.3 Å². The second kappa shape index (κ2) is 13.6. The number of hydrogen-bond acceptors (Lipinski definition) is 6. The molecule has 0 saturated heterocycles. The van der Waals surface area contributed by atoms with Crippen molar-refractivity contribution in [3.63, 3.8) is 0 Å². The number of aliphatic hydroxyl groups excluding tert-OH is 1. The molecule has 36 heavy (non-hydrogen) atoms. The van der Waals surface area contributed by atoms with E-state index in [0.29, 0.717) is 12.0 Å². The van der Waals surface area contributed by atoms with Crippen LogP contribution in [0.25, 0.3) is 21.5 Å². The summed E-state index contributed by atoms with van der Waals surface area (Å²) in [6.07, 6.45) is 2.00. The molecule has 0 bridgehead atoms. The van der Waals surface area contributed by atoms with Gasteiger partial charge in [-0.1, -0.05) is 67.8 Å². The first kappa shape index (κ1) is 28.0. The number of fused-ring (bicyclic) bond motifs is 2. The van der Waals surface area contributed by atoms with E-state index >= 15 is 0 Å². The molecular formula is C29H30O7. The Labute approximate surface area is 210 Å². The summed E-state index contributed by atoms with van der Waals surface area (Å²) >= 11 is 0. The van der Waals surface area contributed by atoms with Gasteiger partial charge in [-0.05, 0) is 46.5 Å². The van der Waals surface area contributed by atoms with Crippen LogP contribution in [0.5, 0.6) is 0 Å². The third kappa shape index (κ3) is 7.65. The molecule has 0 aromatic heterocycles. The van der Waals surface area contributed by atoms with Crippen LogP contribution < -0.4 is 0 Å². The van der Waals surface area contributed by atoms with E-state index < -0.39 is 11.9 Å². The highest BCUT2D eigenvalue weighted by atomic mass is 16.5. The molecule has 3 aromatic rings. The van der Waals surface area contributed by atoms with E-state index in [4.69, 9.17) is 14.9 Å². The molecule has 3 aromatic carbocycles. The first-order chi connectivity index (χ1) is 17.2. The van der Waals surface area contributed by atoms with Crippen LogP contribution in [0, 0.1) is 0 Å². The fraction of sp³-hybridized carbons (Fsp3) is 0.207. The number of rotatable bonds is 9. The number of hydrogen-bond donors (Lipinski definition) is 2. The van der Waals surface area contributed by atoms with Crippen LogP contribution in [-0.4, -0.2) is 48.4 Å². The number of benzene rings is 3. The van der Waals surface area contributed by atoms with Gasteiger partial charge in [0.15, 0.2) is 0 Å². The number of aliphatic carboxylic acids is 1. The van der Waals surface area contributed by atoms with E-state index in [2.05, 4.69) is 48.2 Å². The molecule has 0 radical (unpaired) electrons. The molecule has 0 heterocycles. The van der Waals surface area contributed by atoms with Crippen molar-refractivity contribution in [2.24, 2.45) is 0 Å². The van der Waals surface area contributed by atoms with Gasteiger partial charge in [-0.15, -0.1) is 0 Å². The number of esters is 2. The molecule has 0 spiro atoms. The van der Waals surface area contributed by atoms with E-state index in [-0.39, 0.29) is 36.8 Å². The molecule has 0 amide bonds. The van der Waals surface area contributed by atoms with Gasteiger partial charge < -0.3 is 19.7 Å². The van der Waals surface area contributed by atoms with Crippen molar-refractivity contribution in [3.8, 4) is 0 Å². The third-order valence-corrected chi connectivity index (χ3v) is 5.35. The van der Waals surface area contributed by atoms with Crippen LogP contribution in [0.1, 0.15) is 18.9 Å². The number of ether oxygens (including phenoxy) is 2. The Kier molecular flexibility index (Phi) is 10.6. The maximum Gasteiger partial charge on any atom is 0.333 e. The minimum atomic E-state index is -1.04. The molecule has 2 N–H and O–H groups in total. The minimum absolute atomic E-state index is 0.0838. The lowest BCUT2D eigenvalue weighted by Gasteiger charge is -2.12. The molecular weight excluding hydrogens is 460 g/mol. The molecule has 0 aliphatic rings. The van der Waals surface area contributed by atoms with Gasteiger partial charge in [0.05, 0.1) is 13.7 Å². The Bertz CT molecular complexity index is 1260. The monoisotopic (exact) mass is 490 g/mol. The summed E-state index contributed by atoms with van der Waals surface area (Å²) in [4.78, 5) is 33.1. The second-order valence-electron chi connectivity index (χ2n) is 7.93.